The van der Waals surface area contributed by atoms with Gasteiger partial charge in [0.2, 0.25) is 0 Å². The van der Waals surface area contributed by atoms with Gasteiger partial charge in [-0.3, -0.25) is 14.7 Å². The molecule has 160 valence electrons. The zero-order valence-corrected chi connectivity index (χ0v) is 17.9. The number of aromatic nitrogens is 1. The van der Waals surface area contributed by atoms with E-state index in [9.17, 15) is 9.18 Å². The van der Waals surface area contributed by atoms with Crippen LogP contribution in [0.3, 0.4) is 0 Å². The molecule has 1 N–H and O–H groups in total. The summed E-state index contributed by atoms with van der Waals surface area (Å²) in [5.74, 6) is -0.410. The third kappa shape index (κ3) is 5.16. The van der Waals surface area contributed by atoms with E-state index < -0.39 is 0 Å². The molecule has 0 spiro atoms. The molecule has 3 aromatic rings. The van der Waals surface area contributed by atoms with Crippen LogP contribution in [-0.2, 0) is 6.54 Å². The number of carbonyl (C=O) groups excluding carboxylic acids is 1. The minimum atomic E-state index is -0.286. The monoisotopic (exact) mass is 418 g/mol. The van der Waals surface area contributed by atoms with Crippen molar-refractivity contribution in [2.75, 3.05) is 31.6 Å². The molecule has 1 aliphatic heterocycles. The van der Waals surface area contributed by atoms with Crippen LogP contribution in [0.2, 0.25) is 0 Å². The van der Waals surface area contributed by atoms with Gasteiger partial charge in [-0.15, -0.1) is 0 Å². The second-order valence-electron chi connectivity index (χ2n) is 8.06. The number of halogens is 1. The summed E-state index contributed by atoms with van der Waals surface area (Å²) >= 11 is 0. The Morgan fingerprint density at radius 2 is 1.87 bits per heavy atom. The summed E-state index contributed by atoms with van der Waals surface area (Å²) in [5.41, 5.74) is 4.09. The molecule has 4 rings (SSSR count). The van der Waals surface area contributed by atoms with Gasteiger partial charge in [0.05, 0.1) is 11.3 Å². The Balaban J connectivity index is 1.41. The van der Waals surface area contributed by atoms with Crippen LogP contribution in [0.1, 0.15) is 22.8 Å². The highest BCUT2D eigenvalue weighted by atomic mass is 19.1. The molecule has 2 heterocycles. The van der Waals surface area contributed by atoms with Crippen molar-refractivity contribution >= 4 is 11.6 Å². The summed E-state index contributed by atoms with van der Waals surface area (Å²) in [6, 6.07) is 18.3. The molecule has 31 heavy (non-hydrogen) atoms. The van der Waals surface area contributed by atoms with E-state index in [0.717, 1.165) is 37.4 Å². The molecular weight excluding hydrogens is 391 g/mol. The largest absolute Gasteiger partial charge is 0.312 e. The molecule has 1 saturated heterocycles. The molecule has 1 atom stereocenters. The lowest BCUT2D eigenvalue weighted by atomic mass is 10.1. The molecule has 1 fully saturated rings. The van der Waals surface area contributed by atoms with Crippen LogP contribution in [0, 0.1) is 5.82 Å². The number of anilines is 1. The number of hydrogen-bond donors (Lipinski definition) is 1. The number of hydrogen-bond acceptors (Lipinski definition) is 4. The van der Waals surface area contributed by atoms with E-state index in [2.05, 4.69) is 34.3 Å². The van der Waals surface area contributed by atoms with Crippen molar-refractivity contribution < 1.29 is 9.18 Å². The molecule has 6 heteroatoms. The van der Waals surface area contributed by atoms with Gasteiger partial charge in [0, 0.05) is 56.7 Å². The van der Waals surface area contributed by atoms with Gasteiger partial charge in [-0.05, 0) is 61.0 Å². The number of pyridine rings is 1. The van der Waals surface area contributed by atoms with E-state index in [0.29, 0.717) is 17.3 Å². The van der Waals surface area contributed by atoms with E-state index >= 15 is 0 Å². The summed E-state index contributed by atoms with van der Waals surface area (Å²) in [5, 5.41) is 3.46. The Morgan fingerprint density at radius 1 is 1.13 bits per heavy atom. The fourth-order valence-electron chi connectivity index (χ4n) is 3.86. The summed E-state index contributed by atoms with van der Waals surface area (Å²) in [6.07, 6.45) is 1.57. The average Bonchev–Trinajstić information content (AvgIpc) is 2.79. The lowest BCUT2D eigenvalue weighted by Gasteiger charge is -2.31. The van der Waals surface area contributed by atoms with Crippen molar-refractivity contribution in [1.29, 1.82) is 0 Å². The average molecular weight is 419 g/mol. The molecule has 1 aliphatic rings. The number of amides is 1. The Hall–Kier alpha value is -3.09. The fourth-order valence-corrected chi connectivity index (χ4v) is 3.86. The maximum absolute atomic E-state index is 13.1. The molecule has 0 unspecified atom stereocenters. The normalized spacial score (nSPS) is 16.8. The van der Waals surface area contributed by atoms with E-state index in [1.807, 2.05) is 12.1 Å². The third-order valence-electron chi connectivity index (χ3n) is 5.64. The zero-order valence-electron chi connectivity index (χ0n) is 17.9. The lowest BCUT2D eigenvalue weighted by molar-refractivity contribution is 0.0992. The quantitative estimate of drug-likeness (QED) is 0.682. The van der Waals surface area contributed by atoms with Gasteiger partial charge in [0.1, 0.15) is 5.82 Å². The van der Waals surface area contributed by atoms with Crippen LogP contribution >= 0.6 is 0 Å². The van der Waals surface area contributed by atoms with E-state index in [4.69, 9.17) is 0 Å². The fraction of sp³-hybridized carbons (Fsp3) is 0.280. The zero-order chi connectivity index (χ0) is 21.8. The maximum atomic E-state index is 13.1. The number of nitrogens with zero attached hydrogens (tertiary/aromatic N) is 3. The van der Waals surface area contributed by atoms with Crippen molar-refractivity contribution in [3.63, 3.8) is 0 Å². The highest BCUT2D eigenvalue weighted by Crippen LogP contribution is 2.20. The van der Waals surface area contributed by atoms with Gasteiger partial charge in [-0.25, -0.2) is 4.39 Å². The summed E-state index contributed by atoms with van der Waals surface area (Å²) in [7, 11) is 1.77. The molecule has 2 aromatic carbocycles. The predicted molar refractivity (Wildman–Crippen MR) is 122 cm³/mol. The lowest BCUT2D eigenvalue weighted by Crippen LogP contribution is -2.48. The highest BCUT2D eigenvalue weighted by Gasteiger charge is 2.17. The van der Waals surface area contributed by atoms with Gasteiger partial charge in [-0.1, -0.05) is 12.1 Å². The van der Waals surface area contributed by atoms with E-state index in [1.165, 1.54) is 17.7 Å². The van der Waals surface area contributed by atoms with Crippen molar-refractivity contribution in [3.8, 4) is 11.3 Å². The minimum Gasteiger partial charge on any atom is -0.312 e. The van der Waals surface area contributed by atoms with Gasteiger partial charge in [0.25, 0.3) is 5.91 Å². The summed E-state index contributed by atoms with van der Waals surface area (Å²) in [4.78, 5) is 21.4. The first-order valence-electron chi connectivity index (χ1n) is 10.5. The molecular formula is C25H27FN4O. The Morgan fingerprint density at radius 3 is 2.52 bits per heavy atom. The van der Waals surface area contributed by atoms with Crippen molar-refractivity contribution in [2.24, 2.45) is 0 Å². The summed E-state index contributed by atoms with van der Waals surface area (Å²) < 4.78 is 13.1. The minimum absolute atomic E-state index is 0.123. The second kappa shape index (κ2) is 9.37. The SMILES string of the molecule is C[C@H]1CN(Cc2ccc(N(C)C(=O)c3ccc(-c4ccc(F)cc4)nc3)cc2)CCN1. The first-order chi connectivity index (χ1) is 15.0. The molecule has 1 amide bonds. The first kappa shape index (κ1) is 21.2. The first-order valence-corrected chi connectivity index (χ1v) is 10.5. The Kier molecular flexibility index (Phi) is 6.39. The van der Waals surface area contributed by atoms with Crippen molar-refractivity contribution in [1.82, 2.24) is 15.2 Å². The summed E-state index contributed by atoms with van der Waals surface area (Å²) in [6.45, 7) is 6.23. The van der Waals surface area contributed by atoms with Crippen LogP contribution in [-0.4, -0.2) is 48.5 Å². The Bertz CT molecular complexity index is 1020. The molecule has 5 nitrogen and oxygen atoms in total. The highest BCUT2D eigenvalue weighted by molar-refractivity contribution is 6.05. The third-order valence-corrected chi connectivity index (χ3v) is 5.64. The van der Waals surface area contributed by atoms with Crippen LogP contribution in [0.15, 0.2) is 66.9 Å². The number of piperazine rings is 1. The molecule has 0 aliphatic carbocycles. The van der Waals surface area contributed by atoms with Crippen LogP contribution in [0.25, 0.3) is 11.3 Å². The molecule has 1 aromatic heterocycles. The van der Waals surface area contributed by atoms with Gasteiger partial charge >= 0.3 is 0 Å². The van der Waals surface area contributed by atoms with Crippen LogP contribution < -0.4 is 10.2 Å². The van der Waals surface area contributed by atoms with Crippen LogP contribution in [0.4, 0.5) is 10.1 Å². The van der Waals surface area contributed by atoms with Gasteiger partial charge < -0.3 is 10.2 Å². The number of rotatable bonds is 5. The topological polar surface area (TPSA) is 48.5 Å². The number of nitrogens with one attached hydrogen (secondary N) is 1. The standard InChI is InChI=1S/C25H27FN4O/c1-18-16-30(14-13-27-18)17-19-3-10-23(11-4-19)29(2)25(31)21-7-12-24(28-15-21)20-5-8-22(26)9-6-20/h3-12,15,18,27H,13-14,16-17H2,1-2H3/t18-/m0/s1. The second-order valence-corrected chi connectivity index (χ2v) is 8.06. The smallest absolute Gasteiger partial charge is 0.259 e. The number of benzene rings is 2. The number of carbonyl (C=O) groups is 1. The van der Waals surface area contributed by atoms with Crippen molar-refractivity contribution in [2.45, 2.75) is 19.5 Å². The molecule has 0 radical (unpaired) electrons. The molecule has 0 bridgehead atoms. The van der Waals surface area contributed by atoms with Gasteiger partial charge in [-0.2, -0.15) is 0 Å². The van der Waals surface area contributed by atoms with E-state index in [1.54, 1.807) is 42.4 Å². The van der Waals surface area contributed by atoms with E-state index in [-0.39, 0.29) is 11.7 Å². The van der Waals surface area contributed by atoms with Crippen LogP contribution in [0.5, 0.6) is 0 Å². The van der Waals surface area contributed by atoms with Crippen molar-refractivity contribution in [3.05, 3.63) is 83.8 Å². The Labute approximate surface area is 182 Å². The predicted octanol–water partition coefficient (Wildman–Crippen LogP) is 3.96. The van der Waals surface area contributed by atoms with Gasteiger partial charge in [0.15, 0.2) is 0 Å². The maximum Gasteiger partial charge on any atom is 0.259 e. The molecule has 0 saturated carbocycles.